The third-order valence-electron chi connectivity index (χ3n) is 7.53. The minimum Gasteiger partial charge on any atom is -0.352 e. The van der Waals surface area contributed by atoms with Gasteiger partial charge in [-0.25, -0.2) is 14.1 Å². The quantitative estimate of drug-likeness (QED) is 0.657. The third-order valence-corrected chi connectivity index (χ3v) is 9.53. The van der Waals surface area contributed by atoms with Crippen molar-refractivity contribution in [2.45, 2.75) is 80.4 Å². The molecule has 2 aliphatic heterocycles. The first-order valence-corrected chi connectivity index (χ1v) is 13.3. The van der Waals surface area contributed by atoms with Crippen molar-refractivity contribution in [2.24, 2.45) is 5.92 Å². The lowest BCUT2D eigenvalue weighted by atomic mass is 9.81. The summed E-state index contributed by atoms with van der Waals surface area (Å²) in [5, 5.41) is 2.84. The van der Waals surface area contributed by atoms with Crippen LogP contribution in [0.3, 0.4) is 0 Å². The van der Waals surface area contributed by atoms with Gasteiger partial charge in [-0.15, -0.1) is 11.8 Å². The van der Waals surface area contributed by atoms with E-state index in [0.29, 0.717) is 5.25 Å². The summed E-state index contributed by atoms with van der Waals surface area (Å²) < 4.78 is 13.8. The van der Waals surface area contributed by atoms with Gasteiger partial charge in [-0.05, 0) is 49.8 Å². The molecule has 4 aliphatic rings. The number of nitrogens with zero attached hydrogens (tertiary/aromatic N) is 2. The van der Waals surface area contributed by atoms with Crippen LogP contribution in [0.1, 0.15) is 57.8 Å². The van der Waals surface area contributed by atoms with E-state index in [0.717, 1.165) is 62.3 Å². The number of hydrogen-bond acceptors (Lipinski definition) is 4. The third kappa shape index (κ3) is 4.36. The van der Waals surface area contributed by atoms with E-state index in [1.165, 1.54) is 18.6 Å². The molecule has 1 aromatic rings. The van der Waals surface area contributed by atoms with E-state index in [9.17, 15) is 18.8 Å². The molecule has 33 heavy (non-hydrogen) atoms. The molecule has 2 aliphatic carbocycles. The number of anilines is 1. The number of imide groups is 1. The highest BCUT2D eigenvalue weighted by atomic mass is 35.5. The second-order valence-corrected chi connectivity index (χ2v) is 11.4. The summed E-state index contributed by atoms with van der Waals surface area (Å²) in [5.41, 5.74) is 0.239. The van der Waals surface area contributed by atoms with Crippen LogP contribution in [0.25, 0.3) is 0 Å². The maximum absolute atomic E-state index is 13.8. The average Bonchev–Trinajstić information content (AvgIpc) is 3.20. The van der Waals surface area contributed by atoms with Crippen molar-refractivity contribution in [1.29, 1.82) is 0 Å². The van der Waals surface area contributed by atoms with Gasteiger partial charge >= 0.3 is 6.03 Å². The molecule has 4 fully saturated rings. The highest BCUT2D eigenvalue weighted by Crippen LogP contribution is 2.51. The lowest BCUT2D eigenvalue weighted by Gasteiger charge is -2.44. The molecule has 0 bridgehead atoms. The second kappa shape index (κ2) is 9.45. The predicted octanol–water partition coefficient (Wildman–Crippen LogP) is 4.74. The standard InChI is InChI=1S/C24H29ClFN3O3S/c25-17-12-15(10-11-18(17)26)29-23(31)22-21(16-8-4-5-9-19(16)33-22)28(24(29)32)13-20(30)27-14-6-2-1-3-7-14/h10-12,14,16,19,21-22H,1-9,13H2,(H,27,30). The van der Waals surface area contributed by atoms with Gasteiger partial charge in [0.15, 0.2) is 0 Å². The van der Waals surface area contributed by atoms with Gasteiger partial charge < -0.3 is 10.2 Å². The Bertz CT molecular complexity index is 957. The molecule has 2 saturated carbocycles. The Morgan fingerprint density at radius 1 is 1.09 bits per heavy atom. The van der Waals surface area contributed by atoms with Gasteiger partial charge in [0.05, 0.1) is 16.8 Å². The van der Waals surface area contributed by atoms with Crippen LogP contribution in [0, 0.1) is 11.7 Å². The highest BCUT2D eigenvalue weighted by Gasteiger charge is 2.57. The van der Waals surface area contributed by atoms with Crippen molar-refractivity contribution in [2.75, 3.05) is 11.4 Å². The fourth-order valence-electron chi connectivity index (χ4n) is 5.96. The molecule has 4 unspecified atom stereocenters. The van der Waals surface area contributed by atoms with Crippen molar-refractivity contribution >= 4 is 46.9 Å². The van der Waals surface area contributed by atoms with Crippen LogP contribution in [0.15, 0.2) is 18.2 Å². The van der Waals surface area contributed by atoms with Gasteiger partial charge in [0, 0.05) is 11.3 Å². The van der Waals surface area contributed by atoms with Crippen molar-refractivity contribution in [3.63, 3.8) is 0 Å². The average molecular weight is 494 g/mol. The summed E-state index contributed by atoms with van der Waals surface area (Å²) in [6.45, 7) is -0.0704. The molecule has 9 heteroatoms. The molecule has 0 spiro atoms. The fraction of sp³-hybridized carbons (Fsp3) is 0.625. The molecule has 5 rings (SSSR count). The van der Waals surface area contributed by atoms with E-state index in [1.54, 1.807) is 16.7 Å². The van der Waals surface area contributed by atoms with Crippen LogP contribution in [-0.4, -0.2) is 51.9 Å². The molecular weight excluding hydrogens is 465 g/mol. The van der Waals surface area contributed by atoms with Gasteiger partial charge in [-0.3, -0.25) is 9.59 Å². The van der Waals surface area contributed by atoms with Crippen LogP contribution in [0.2, 0.25) is 5.02 Å². The van der Waals surface area contributed by atoms with Gasteiger partial charge in [-0.2, -0.15) is 0 Å². The molecule has 2 heterocycles. The lowest BCUT2D eigenvalue weighted by molar-refractivity contribution is -0.126. The van der Waals surface area contributed by atoms with Crippen molar-refractivity contribution in [3.05, 3.63) is 29.0 Å². The lowest BCUT2D eigenvalue weighted by Crippen LogP contribution is -2.65. The van der Waals surface area contributed by atoms with E-state index >= 15 is 0 Å². The molecule has 2 saturated heterocycles. The van der Waals surface area contributed by atoms with E-state index in [1.807, 2.05) is 0 Å². The molecule has 0 aromatic heterocycles. The minimum absolute atomic E-state index is 0.0704. The number of halogens is 2. The minimum atomic E-state index is -0.611. The van der Waals surface area contributed by atoms with Crippen molar-refractivity contribution in [1.82, 2.24) is 10.2 Å². The Kier molecular flexibility index (Phi) is 6.58. The maximum atomic E-state index is 13.8. The van der Waals surface area contributed by atoms with Gasteiger partial charge in [0.1, 0.15) is 17.6 Å². The summed E-state index contributed by atoms with van der Waals surface area (Å²) >= 11 is 7.60. The number of benzene rings is 1. The Balaban J connectivity index is 1.44. The largest absolute Gasteiger partial charge is 0.352 e. The number of urea groups is 1. The Morgan fingerprint density at radius 3 is 2.58 bits per heavy atom. The van der Waals surface area contributed by atoms with E-state index in [4.69, 9.17) is 11.6 Å². The Hall–Kier alpha value is -1.80. The van der Waals surface area contributed by atoms with Crippen molar-refractivity contribution < 1.29 is 18.8 Å². The van der Waals surface area contributed by atoms with Crippen molar-refractivity contribution in [3.8, 4) is 0 Å². The topological polar surface area (TPSA) is 69.7 Å². The monoisotopic (exact) mass is 493 g/mol. The molecule has 1 N–H and O–H groups in total. The van der Waals surface area contributed by atoms with Crippen LogP contribution in [0.4, 0.5) is 14.9 Å². The number of carbonyl (C=O) groups excluding carboxylic acids is 3. The number of amides is 4. The van der Waals surface area contributed by atoms with Gasteiger partial charge in [0.25, 0.3) is 0 Å². The first-order valence-electron chi connectivity index (χ1n) is 12.0. The molecule has 1 aromatic carbocycles. The molecule has 6 nitrogen and oxygen atoms in total. The SMILES string of the molecule is O=C(CN1C(=O)N(c2ccc(F)c(Cl)c2)C(=O)C2SC3CCCCC3C21)NC1CCCCC1. The van der Waals surface area contributed by atoms with Gasteiger partial charge in [0.2, 0.25) is 11.8 Å². The first kappa shape index (κ1) is 23.0. The summed E-state index contributed by atoms with van der Waals surface area (Å²) in [7, 11) is 0. The predicted molar refractivity (Wildman–Crippen MR) is 127 cm³/mol. The van der Waals surface area contributed by atoms with Crippen LogP contribution in [-0.2, 0) is 9.59 Å². The summed E-state index contributed by atoms with van der Waals surface area (Å²) in [4.78, 5) is 42.9. The first-order chi connectivity index (χ1) is 15.9. The zero-order valence-electron chi connectivity index (χ0n) is 18.5. The van der Waals surface area contributed by atoms with E-state index in [-0.39, 0.29) is 47.1 Å². The second-order valence-electron chi connectivity index (χ2n) is 9.62. The molecular formula is C24H29ClFN3O3S. The fourth-order valence-corrected chi connectivity index (χ4v) is 8.05. The zero-order chi connectivity index (χ0) is 23.1. The van der Waals surface area contributed by atoms with Crippen LogP contribution < -0.4 is 10.2 Å². The van der Waals surface area contributed by atoms with Crippen LogP contribution >= 0.6 is 23.4 Å². The summed E-state index contributed by atoms with van der Waals surface area (Å²) in [6.07, 6.45) is 9.51. The number of carbonyl (C=O) groups is 3. The Labute approximate surface area is 202 Å². The molecule has 4 atom stereocenters. The molecule has 178 valence electrons. The normalized spacial score (nSPS) is 30.2. The summed E-state index contributed by atoms with van der Waals surface area (Å²) in [5.74, 6) is -0.871. The smallest absolute Gasteiger partial charge is 0.332 e. The number of thioether (sulfide) groups is 1. The zero-order valence-corrected chi connectivity index (χ0v) is 20.0. The molecule has 0 radical (unpaired) electrons. The number of fused-ring (bicyclic) bond motifs is 3. The number of rotatable bonds is 4. The van der Waals surface area contributed by atoms with E-state index in [2.05, 4.69) is 5.32 Å². The number of nitrogens with one attached hydrogen (secondary N) is 1. The summed E-state index contributed by atoms with van der Waals surface area (Å²) in [6, 6.07) is 3.20. The van der Waals surface area contributed by atoms with Crippen LogP contribution in [0.5, 0.6) is 0 Å². The maximum Gasteiger partial charge on any atom is 0.332 e. The molecule has 4 amide bonds. The number of hydrogen-bond donors (Lipinski definition) is 1. The van der Waals surface area contributed by atoms with Gasteiger partial charge in [-0.1, -0.05) is 43.7 Å². The van der Waals surface area contributed by atoms with E-state index < -0.39 is 17.1 Å². The Morgan fingerprint density at radius 2 is 1.82 bits per heavy atom. The highest BCUT2D eigenvalue weighted by molar-refractivity contribution is 8.01.